The fourth-order valence-electron chi connectivity index (χ4n) is 0.566. The summed E-state index contributed by atoms with van der Waals surface area (Å²) >= 11 is 0. The maximum absolute atomic E-state index is 3.96. The molecule has 1 heterocycles. The summed E-state index contributed by atoms with van der Waals surface area (Å²) in [7, 11) is 1.84. The predicted molar refractivity (Wildman–Crippen MR) is 37.4 cm³/mol. The Morgan fingerprint density at radius 2 is 2.33 bits per heavy atom. The molecule has 47 valence electrons. The van der Waals surface area contributed by atoms with E-state index in [1.807, 2.05) is 26.1 Å². The van der Waals surface area contributed by atoms with Crippen LogP contribution in [0.3, 0.4) is 0 Å². The van der Waals surface area contributed by atoms with Crippen molar-refractivity contribution in [3.63, 3.8) is 0 Å². The van der Waals surface area contributed by atoms with Crippen LogP contribution in [-0.4, -0.2) is 12.0 Å². The van der Waals surface area contributed by atoms with Crippen LogP contribution in [0.15, 0.2) is 12.1 Å². The third-order valence-electron chi connectivity index (χ3n) is 1.10. The van der Waals surface area contributed by atoms with Gasteiger partial charge in [-0.2, -0.15) is 0 Å². The lowest BCUT2D eigenvalue weighted by Gasteiger charge is -1.95. The van der Waals surface area contributed by atoms with Crippen LogP contribution >= 0.6 is 0 Å². The second-order valence-corrected chi connectivity index (χ2v) is 1.88. The number of pyridine rings is 1. The van der Waals surface area contributed by atoms with E-state index in [2.05, 4.69) is 16.5 Å². The highest BCUT2D eigenvalue weighted by atomic mass is 14.9. The van der Waals surface area contributed by atoms with Gasteiger partial charge >= 0.3 is 0 Å². The second kappa shape index (κ2) is 2.49. The normalized spacial score (nSPS) is 9.11. The van der Waals surface area contributed by atoms with Gasteiger partial charge in [0.15, 0.2) is 0 Å². The molecule has 1 aromatic heterocycles. The Balaban J connectivity index is 2.88. The highest BCUT2D eigenvalue weighted by Crippen LogP contribution is 2.00. The SMILES string of the molecule is CNc1ccc(C)[c]n1. The summed E-state index contributed by atoms with van der Waals surface area (Å²) in [4.78, 5) is 3.96. The van der Waals surface area contributed by atoms with Gasteiger partial charge in [0, 0.05) is 7.05 Å². The van der Waals surface area contributed by atoms with Gasteiger partial charge in [-0.05, 0) is 18.6 Å². The number of nitrogens with one attached hydrogen (secondary N) is 1. The molecule has 0 aliphatic carbocycles. The summed E-state index contributed by atoms with van der Waals surface area (Å²) in [6.07, 6.45) is 2.84. The van der Waals surface area contributed by atoms with Crippen LogP contribution < -0.4 is 5.32 Å². The summed E-state index contributed by atoms with van der Waals surface area (Å²) in [5, 5.41) is 2.91. The number of nitrogens with zero attached hydrogens (tertiary/aromatic N) is 1. The van der Waals surface area contributed by atoms with Gasteiger partial charge in [-0.1, -0.05) is 6.07 Å². The highest BCUT2D eigenvalue weighted by molar-refractivity contribution is 5.33. The Kier molecular flexibility index (Phi) is 1.68. The van der Waals surface area contributed by atoms with Crippen molar-refractivity contribution in [1.29, 1.82) is 0 Å². The molecule has 0 aliphatic rings. The van der Waals surface area contributed by atoms with Gasteiger partial charge in [0.05, 0.1) is 6.20 Å². The molecule has 0 saturated heterocycles. The van der Waals surface area contributed by atoms with Crippen LogP contribution in [0.5, 0.6) is 0 Å². The van der Waals surface area contributed by atoms with Crippen molar-refractivity contribution in [3.05, 3.63) is 23.9 Å². The van der Waals surface area contributed by atoms with Gasteiger partial charge in [0.25, 0.3) is 0 Å². The zero-order valence-electron chi connectivity index (χ0n) is 5.60. The van der Waals surface area contributed by atoms with E-state index in [0.29, 0.717) is 0 Å². The molecule has 0 bridgehead atoms. The number of aryl methyl sites for hydroxylation is 1. The highest BCUT2D eigenvalue weighted by Gasteiger charge is 1.86. The van der Waals surface area contributed by atoms with E-state index in [1.54, 1.807) is 0 Å². The zero-order valence-corrected chi connectivity index (χ0v) is 5.60. The van der Waals surface area contributed by atoms with Crippen molar-refractivity contribution in [2.45, 2.75) is 6.92 Å². The summed E-state index contributed by atoms with van der Waals surface area (Å²) < 4.78 is 0. The van der Waals surface area contributed by atoms with Crippen molar-refractivity contribution < 1.29 is 0 Å². The fraction of sp³-hybridized carbons (Fsp3) is 0.286. The minimum absolute atomic E-state index is 0.862. The monoisotopic (exact) mass is 121 g/mol. The molecule has 1 radical (unpaired) electrons. The number of anilines is 1. The van der Waals surface area contributed by atoms with E-state index in [1.165, 1.54) is 0 Å². The van der Waals surface area contributed by atoms with Crippen LogP contribution in [0.2, 0.25) is 0 Å². The molecule has 0 spiro atoms. The zero-order chi connectivity index (χ0) is 6.69. The summed E-state index contributed by atoms with van der Waals surface area (Å²) in [6.45, 7) is 1.96. The Hall–Kier alpha value is -1.05. The molecule has 9 heavy (non-hydrogen) atoms. The summed E-state index contributed by atoms with van der Waals surface area (Å²) in [5.41, 5.74) is 1.06. The van der Waals surface area contributed by atoms with Crippen LogP contribution in [0.1, 0.15) is 5.56 Å². The van der Waals surface area contributed by atoms with Crippen LogP contribution in [0.25, 0.3) is 0 Å². The van der Waals surface area contributed by atoms with Crippen molar-refractivity contribution in [2.75, 3.05) is 12.4 Å². The van der Waals surface area contributed by atoms with E-state index in [0.717, 1.165) is 11.4 Å². The van der Waals surface area contributed by atoms with Gasteiger partial charge in [-0.25, -0.2) is 4.98 Å². The van der Waals surface area contributed by atoms with E-state index in [-0.39, 0.29) is 0 Å². The van der Waals surface area contributed by atoms with Crippen molar-refractivity contribution in [2.24, 2.45) is 0 Å². The predicted octanol–water partition coefficient (Wildman–Crippen LogP) is 1.23. The van der Waals surface area contributed by atoms with Crippen molar-refractivity contribution >= 4 is 5.82 Å². The topological polar surface area (TPSA) is 24.9 Å². The maximum atomic E-state index is 3.96. The molecular weight excluding hydrogens is 112 g/mol. The molecule has 0 amide bonds. The fourth-order valence-corrected chi connectivity index (χ4v) is 0.566. The first-order valence-electron chi connectivity index (χ1n) is 2.86. The molecule has 0 unspecified atom stereocenters. The average Bonchev–Trinajstić information content (AvgIpc) is 1.90. The summed E-state index contributed by atoms with van der Waals surface area (Å²) in [6, 6.07) is 3.89. The maximum Gasteiger partial charge on any atom is 0.126 e. The van der Waals surface area contributed by atoms with Gasteiger partial charge in [-0.15, -0.1) is 0 Å². The van der Waals surface area contributed by atoms with Crippen LogP contribution in [0, 0.1) is 13.1 Å². The molecular formula is C7H9N2. The number of rotatable bonds is 1. The molecule has 1 aromatic rings. The lowest BCUT2D eigenvalue weighted by atomic mass is 10.3. The van der Waals surface area contributed by atoms with Gasteiger partial charge in [0.1, 0.15) is 5.82 Å². The smallest absolute Gasteiger partial charge is 0.126 e. The van der Waals surface area contributed by atoms with Gasteiger partial charge in [-0.3, -0.25) is 0 Å². The Bertz CT molecular complexity index is 179. The van der Waals surface area contributed by atoms with Gasteiger partial charge < -0.3 is 5.32 Å². The summed E-state index contributed by atoms with van der Waals surface area (Å²) in [5.74, 6) is 0.862. The van der Waals surface area contributed by atoms with E-state index < -0.39 is 0 Å². The number of hydrogen-bond donors (Lipinski definition) is 1. The minimum atomic E-state index is 0.862. The first kappa shape index (κ1) is 6.08. The standard InChI is InChI=1S/C7H9N2/c1-6-3-4-7(8-2)9-5-6/h3-4H,1-2H3,(H,8,9). The molecule has 0 aromatic carbocycles. The van der Waals surface area contributed by atoms with E-state index >= 15 is 0 Å². The van der Waals surface area contributed by atoms with Crippen molar-refractivity contribution in [3.8, 4) is 0 Å². The van der Waals surface area contributed by atoms with Gasteiger partial charge in [0.2, 0.25) is 0 Å². The Morgan fingerprint density at radius 3 is 2.78 bits per heavy atom. The lowest BCUT2D eigenvalue weighted by molar-refractivity contribution is 1.23. The molecule has 0 fully saturated rings. The van der Waals surface area contributed by atoms with E-state index in [9.17, 15) is 0 Å². The molecule has 0 aliphatic heterocycles. The molecule has 0 saturated carbocycles. The molecule has 2 nitrogen and oxygen atoms in total. The minimum Gasteiger partial charge on any atom is -0.373 e. The molecule has 1 N–H and O–H groups in total. The molecule has 2 heteroatoms. The van der Waals surface area contributed by atoms with Crippen LogP contribution in [0.4, 0.5) is 5.82 Å². The first-order chi connectivity index (χ1) is 4.33. The van der Waals surface area contributed by atoms with E-state index in [4.69, 9.17) is 0 Å². The number of hydrogen-bond acceptors (Lipinski definition) is 2. The molecule has 0 atom stereocenters. The average molecular weight is 121 g/mol. The van der Waals surface area contributed by atoms with Crippen LogP contribution in [-0.2, 0) is 0 Å². The van der Waals surface area contributed by atoms with Crippen molar-refractivity contribution in [1.82, 2.24) is 4.98 Å². The second-order valence-electron chi connectivity index (χ2n) is 1.88. The lowest BCUT2D eigenvalue weighted by Crippen LogP contribution is -1.90. The quantitative estimate of drug-likeness (QED) is 0.604. The largest absolute Gasteiger partial charge is 0.373 e. The Labute approximate surface area is 54.9 Å². The molecule has 1 rings (SSSR count). The third kappa shape index (κ3) is 1.42. The first-order valence-corrected chi connectivity index (χ1v) is 2.86. The Morgan fingerprint density at radius 1 is 1.56 bits per heavy atom. The third-order valence-corrected chi connectivity index (χ3v) is 1.10. The number of aromatic nitrogens is 1.